The summed E-state index contributed by atoms with van der Waals surface area (Å²) in [5.41, 5.74) is 1.49. The van der Waals surface area contributed by atoms with Gasteiger partial charge in [0.15, 0.2) is 5.69 Å². The van der Waals surface area contributed by atoms with Crippen LogP contribution in [0.4, 0.5) is 15.8 Å². The number of hydrogen-bond donors (Lipinski definition) is 1. The average molecular weight is 420 g/mol. The maximum atomic E-state index is 14.2. The van der Waals surface area contributed by atoms with Gasteiger partial charge in [-0.05, 0) is 62.1 Å². The normalized spacial score (nSPS) is 14.5. The number of carbonyl (C=O) groups excluding carboxylic acids is 1. The second-order valence-corrected chi connectivity index (χ2v) is 8.03. The molecule has 1 fully saturated rings. The van der Waals surface area contributed by atoms with Gasteiger partial charge in [-0.3, -0.25) is 9.59 Å². The second kappa shape index (κ2) is 8.71. The topological polar surface area (TPSA) is 67.2 Å². The van der Waals surface area contributed by atoms with E-state index in [0.29, 0.717) is 11.4 Å². The van der Waals surface area contributed by atoms with Gasteiger partial charge in [-0.1, -0.05) is 19.1 Å². The van der Waals surface area contributed by atoms with E-state index >= 15 is 0 Å². The summed E-state index contributed by atoms with van der Waals surface area (Å²) in [5.74, 6) is -0.365. The number of amides is 1. The van der Waals surface area contributed by atoms with E-state index in [4.69, 9.17) is 0 Å². The number of halogens is 1. The predicted octanol–water partition coefficient (Wildman–Crippen LogP) is 4.17. The zero-order chi connectivity index (χ0) is 22.0. The molecule has 31 heavy (non-hydrogen) atoms. The Hall–Kier alpha value is -3.48. The average Bonchev–Trinajstić information content (AvgIpc) is 2.76. The highest BCUT2D eigenvalue weighted by molar-refractivity contribution is 6.02. The van der Waals surface area contributed by atoms with Crippen molar-refractivity contribution in [3.63, 3.8) is 0 Å². The number of carbonyl (C=O) groups is 1. The fourth-order valence-electron chi connectivity index (χ4n) is 3.78. The number of rotatable bonds is 4. The summed E-state index contributed by atoms with van der Waals surface area (Å²) in [6.45, 7) is 5.96. The van der Waals surface area contributed by atoms with Crippen LogP contribution in [0.3, 0.4) is 0 Å². The molecule has 6 nitrogen and oxygen atoms in total. The van der Waals surface area contributed by atoms with Crippen molar-refractivity contribution in [3.8, 4) is 5.69 Å². The standard InChI is InChI=1S/C24H25FN4O2/c1-16-11-13-28(14-12-16)19-9-7-18(8-10-19)26-24(31)23-22(30)15-17(2)29(27-23)21-6-4-3-5-20(21)25/h3-10,15-16H,11-14H2,1-2H3,(H,26,31). The van der Waals surface area contributed by atoms with Gasteiger partial charge < -0.3 is 10.2 Å². The van der Waals surface area contributed by atoms with Crippen molar-refractivity contribution in [2.45, 2.75) is 26.7 Å². The van der Waals surface area contributed by atoms with Crippen LogP contribution in [-0.2, 0) is 0 Å². The van der Waals surface area contributed by atoms with Gasteiger partial charge in [0.05, 0.1) is 0 Å². The largest absolute Gasteiger partial charge is 0.372 e. The summed E-state index contributed by atoms with van der Waals surface area (Å²) in [5, 5.41) is 6.86. The van der Waals surface area contributed by atoms with E-state index in [-0.39, 0.29) is 11.4 Å². The Morgan fingerprint density at radius 1 is 1.10 bits per heavy atom. The summed E-state index contributed by atoms with van der Waals surface area (Å²) < 4.78 is 15.5. The van der Waals surface area contributed by atoms with Gasteiger partial charge in [0.1, 0.15) is 11.5 Å². The molecule has 0 unspecified atom stereocenters. The van der Waals surface area contributed by atoms with Gasteiger partial charge in [0.25, 0.3) is 5.91 Å². The van der Waals surface area contributed by atoms with Gasteiger partial charge >= 0.3 is 0 Å². The van der Waals surface area contributed by atoms with Crippen LogP contribution < -0.4 is 15.6 Å². The summed E-state index contributed by atoms with van der Waals surface area (Å²) in [6, 6.07) is 14.9. The quantitative estimate of drug-likeness (QED) is 0.688. The molecule has 2 aromatic carbocycles. The number of nitrogens with one attached hydrogen (secondary N) is 1. The molecule has 0 radical (unpaired) electrons. The third-order valence-corrected chi connectivity index (χ3v) is 5.68. The zero-order valence-electron chi connectivity index (χ0n) is 17.6. The summed E-state index contributed by atoms with van der Waals surface area (Å²) in [6.07, 6.45) is 2.34. The third-order valence-electron chi connectivity index (χ3n) is 5.68. The van der Waals surface area contributed by atoms with E-state index < -0.39 is 17.2 Å². The van der Waals surface area contributed by atoms with Crippen molar-refractivity contribution in [2.75, 3.05) is 23.3 Å². The summed E-state index contributed by atoms with van der Waals surface area (Å²) in [4.78, 5) is 27.5. The minimum Gasteiger partial charge on any atom is -0.372 e. The molecule has 1 N–H and O–H groups in total. The van der Waals surface area contributed by atoms with E-state index in [0.717, 1.165) is 24.7 Å². The maximum Gasteiger partial charge on any atom is 0.280 e. The molecule has 7 heteroatoms. The van der Waals surface area contributed by atoms with E-state index in [1.807, 2.05) is 24.3 Å². The number of anilines is 2. The number of aryl methyl sites for hydroxylation is 1. The number of hydrogen-bond acceptors (Lipinski definition) is 4. The van der Waals surface area contributed by atoms with Gasteiger partial charge in [-0.25, -0.2) is 9.07 Å². The highest BCUT2D eigenvalue weighted by Crippen LogP contribution is 2.24. The first kappa shape index (κ1) is 20.8. The number of piperidine rings is 1. The molecule has 1 aliphatic heterocycles. The van der Waals surface area contributed by atoms with E-state index in [1.54, 1.807) is 25.1 Å². The molecule has 1 aliphatic rings. The fraction of sp³-hybridized carbons (Fsp3) is 0.292. The molecule has 0 bridgehead atoms. The lowest BCUT2D eigenvalue weighted by Gasteiger charge is -2.32. The van der Waals surface area contributed by atoms with E-state index in [1.165, 1.54) is 29.7 Å². The number of aromatic nitrogens is 2. The molecule has 0 atom stereocenters. The van der Waals surface area contributed by atoms with Gasteiger partial charge in [-0.15, -0.1) is 0 Å². The first-order valence-corrected chi connectivity index (χ1v) is 10.4. The van der Waals surface area contributed by atoms with Gasteiger partial charge in [0, 0.05) is 36.2 Å². The number of benzene rings is 2. The highest BCUT2D eigenvalue weighted by atomic mass is 19.1. The highest BCUT2D eigenvalue weighted by Gasteiger charge is 2.18. The lowest BCUT2D eigenvalue weighted by molar-refractivity contribution is 0.101. The van der Waals surface area contributed by atoms with Crippen LogP contribution in [0.1, 0.15) is 35.9 Å². The number of para-hydroxylation sites is 1. The molecule has 1 amide bonds. The van der Waals surface area contributed by atoms with Crippen molar-refractivity contribution in [2.24, 2.45) is 5.92 Å². The monoisotopic (exact) mass is 420 g/mol. The Morgan fingerprint density at radius 2 is 1.77 bits per heavy atom. The van der Waals surface area contributed by atoms with Crippen molar-refractivity contribution in [3.05, 3.63) is 82.0 Å². The Morgan fingerprint density at radius 3 is 2.45 bits per heavy atom. The molecule has 4 rings (SSSR count). The van der Waals surface area contributed by atoms with Crippen molar-refractivity contribution in [1.82, 2.24) is 9.78 Å². The molecule has 0 aliphatic carbocycles. The Kier molecular flexibility index (Phi) is 5.84. The van der Waals surface area contributed by atoms with Crippen molar-refractivity contribution >= 4 is 17.3 Å². The summed E-state index contributed by atoms with van der Waals surface area (Å²) >= 11 is 0. The van der Waals surface area contributed by atoms with Crippen LogP contribution in [0.5, 0.6) is 0 Å². The predicted molar refractivity (Wildman–Crippen MR) is 120 cm³/mol. The molecule has 160 valence electrons. The Bertz CT molecular complexity index is 1150. The molecular formula is C24H25FN4O2. The van der Waals surface area contributed by atoms with Gasteiger partial charge in [0.2, 0.25) is 5.43 Å². The van der Waals surface area contributed by atoms with E-state index in [2.05, 4.69) is 22.2 Å². The third kappa shape index (κ3) is 4.50. The van der Waals surface area contributed by atoms with Gasteiger partial charge in [-0.2, -0.15) is 5.10 Å². The SMILES string of the molecule is Cc1cc(=O)c(C(=O)Nc2ccc(N3CCC(C)CC3)cc2)nn1-c1ccccc1F. The first-order chi connectivity index (χ1) is 14.9. The molecule has 1 aromatic heterocycles. The van der Waals surface area contributed by atoms with Crippen LogP contribution in [0.2, 0.25) is 0 Å². The number of nitrogens with zero attached hydrogens (tertiary/aromatic N) is 3. The lowest BCUT2D eigenvalue weighted by Crippen LogP contribution is -2.32. The molecule has 3 aromatic rings. The van der Waals surface area contributed by atoms with Crippen molar-refractivity contribution < 1.29 is 9.18 Å². The molecule has 0 spiro atoms. The second-order valence-electron chi connectivity index (χ2n) is 8.03. The lowest BCUT2D eigenvalue weighted by atomic mass is 9.99. The zero-order valence-corrected chi connectivity index (χ0v) is 17.6. The summed E-state index contributed by atoms with van der Waals surface area (Å²) in [7, 11) is 0. The van der Waals surface area contributed by atoms with E-state index in [9.17, 15) is 14.0 Å². The van der Waals surface area contributed by atoms with Crippen LogP contribution in [0.25, 0.3) is 5.69 Å². The molecular weight excluding hydrogens is 395 g/mol. The van der Waals surface area contributed by atoms with Crippen LogP contribution in [0.15, 0.2) is 59.4 Å². The Balaban J connectivity index is 1.54. The Labute approximate surface area is 180 Å². The van der Waals surface area contributed by atoms with Crippen LogP contribution in [0, 0.1) is 18.7 Å². The molecule has 2 heterocycles. The minimum atomic E-state index is -0.630. The molecule has 0 saturated carbocycles. The minimum absolute atomic E-state index is 0.175. The fourth-order valence-corrected chi connectivity index (χ4v) is 3.78. The van der Waals surface area contributed by atoms with Crippen LogP contribution in [-0.4, -0.2) is 28.8 Å². The van der Waals surface area contributed by atoms with Crippen LogP contribution >= 0.6 is 0 Å². The molecule has 1 saturated heterocycles. The maximum absolute atomic E-state index is 14.2. The first-order valence-electron chi connectivity index (χ1n) is 10.4. The smallest absolute Gasteiger partial charge is 0.280 e. The van der Waals surface area contributed by atoms with Crippen molar-refractivity contribution in [1.29, 1.82) is 0 Å².